The Morgan fingerprint density at radius 2 is 2.43 bits per heavy atom. The molecule has 0 amide bonds. The monoisotopic (exact) mass is 162 g/mol. The lowest BCUT2D eigenvalue weighted by molar-refractivity contribution is 0.852. The fourth-order valence-corrected chi connectivity index (χ4v) is 0.612. The average molecular weight is 163 g/mol. The molecule has 0 saturated heterocycles. The molecule has 1 unspecified atom stereocenters. The van der Waals surface area contributed by atoms with Gasteiger partial charge in [0.25, 0.3) is 0 Å². The normalized spacial score (nSPS) is 13.4. The van der Waals surface area contributed by atoms with Crippen molar-refractivity contribution < 1.29 is 0 Å². The summed E-state index contributed by atoms with van der Waals surface area (Å²) in [5, 5.41) is 0. The number of hydrogen-bond acceptors (Lipinski definition) is 0. The van der Waals surface area contributed by atoms with Crippen LogP contribution in [0.1, 0.15) is 19.8 Å². The summed E-state index contributed by atoms with van der Waals surface area (Å²) < 4.78 is 0. The summed E-state index contributed by atoms with van der Waals surface area (Å²) in [5.74, 6) is 0. The first-order chi connectivity index (χ1) is 3.31. The molecule has 0 aromatic rings. The summed E-state index contributed by atoms with van der Waals surface area (Å²) in [7, 11) is 0. The Kier molecular flexibility index (Phi) is 4.52. The first-order valence-electron chi connectivity index (χ1n) is 2.56. The molecule has 0 rings (SSSR count). The summed E-state index contributed by atoms with van der Waals surface area (Å²) in [4.78, 5) is 0.644. The summed E-state index contributed by atoms with van der Waals surface area (Å²) in [6.45, 7) is 5.77. The van der Waals surface area contributed by atoms with Crippen molar-refractivity contribution in [3.05, 3.63) is 12.7 Å². The van der Waals surface area contributed by atoms with Crippen LogP contribution in [-0.2, 0) is 0 Å². The number of rotatable bonds is 3. The van der Waals surface area contributed by atoms with Gasteiger partial charge in [-0.15, -0.1) is 6.58 Å². The van der Waals surface area contributed by atoms with Crippen LogP contribution in [0.25, 0.3) is 0 Å². The number of halogens is 1. The number of allylic oxidation sites excluding steroid dienone is 1. The lowest BCUT2D eigenvalue weighted by Crippen LogP contribution is -1.89. The smallest absolute Gasteiger partial charge is 0.0177 e. The number of alkyl halides is 1. The molecular weight excluding hydrogens is 152 g/mol. The Morgan fingerprint density at radius 1 is 1.86 bits per heavy atom. The van der Waals surface area contributed by atoms with E-state index >= 15 is 0 Å². The Morgan fingerprint density at radius 3 is 2.57 bits per heavy atom. The van der Waals surface area contributed by atoms with E-state index in [4.69, 9.17) is 0 Å². The Labute approximate surface area is 53.7 Å². The van der Waals surface area contributed by atoms with Gasteiger partial charge < -0.3 is 0 Å². The third kappa shape index (κ3) is 4.07. The molecule has 0 bridgehead atoms. The van der Waals surface area contributed by atoms with E-state index in [0.717, 1.165) is 6.42 Å². The summed E-state index contributed by atoms with van der Waals surface area (Å²) in [5.41, 5.74) is 0. The molecule has 0 heterocycles. The highest BCUT2D eigenvalue weighted by Gasteiger charge is 1.93. The molecule has 0 aliphatic heterocycles. The molecule has 1 atom stereocenters. The van der Waals surface area contributed by atoms with Crippen LogP contribution in [0, 0.1) is 0 Å². The largest absolute Gasteiger partial charge is 0.103 e. The van der Waals surface area contributed by atoms with Gasteiger partial charge in [0.15, 0.2) is 0 Å². The van der Waals surface area contributed by atoms with Crippen LogP contribution in [0.5, 0.6) is 0 Å². The summed E-state index contributed by atoms with van der Waals surface area (Å²) in [6, 6.07) is 0. The Hall–Kier alpha value is 0.220. The molecule has 0 radical (unpaired) electrons. The fraction of sp³-hybridized carbons (Fsp3) is 0.667. The molecule has 42 valence electrons. The van der Waals surface area contributed by atoms with Crippen molar-refractivity contribution >= 4 is 15.9 Å². The molecule has 7 heavy (non-hydrogen) atoms. The van der Waals surface area contributed by atoms with Crippen LogP contribution >= 0.6 is 15.9 Å². The maximum absolute atomic E-state index is 3.62. The molecule has 0 aliphatic rings. The highest BCUT2D eigenvalue weighted by Crippen LogP contribution is 2.08. The van der Waals surface area contributed by atoms with E-state index in [1.54, 1.807) is 0 Å². The molecule has 0 fully saturated rings. The van der Waals surface area contributed by atoms with Crippen molar-refractivity contribution in [2.75, 3.05) is 0 Å². The zero-order valence-corrected chi connectivity index (χ0v) is 6.24. The highest BCUT2D eigenvalue weighted by molar-refractivity contribution is 9.09. The summed E-state index contributed by atoms with van der Waals surface area (Å²) >= 11 is 3.47. The quantitative estimate of drug-likeness (QED) is 0.443. The first-order valence-corrected chi connectivity index (χ1v) is 3.47. The first kappa shape index (κ1) is 7.22. The van der Waals surface area contributed by atoms with E-state index in [2.05, 4.69) is 29.4 Å². The standard InChI is InChI=1S/C6H11Br/c1-3-5-6(7)4-2/h3,6H,1,4-5H2,2H3. The van der Waals surface area contributed by atoms with Crippen molar-refractivity contribution in [3.63, 3.8) is 0 Å². The molecule has 0 spiro atoms. The van der Waals surface area contributed by atoms with Gasteiger partial charge in [0.05, 0.1) is 0 Å². The SMILES string of the molecule is C=CCC(Br)CC. The third-order valence-corrected chi connectivity index (χ3v) is 1.89. The Balaban J connectivity index is 2.98. The lowest BCUT2D eigenvalue weighted by Gasteiger charge is -1.97. The van der Waals surface area contributed by atoms with Crippen molar-refractivity contribution in [1.29, 1.82) is 0 Å². The maximum Gasteiger partial charge on any atom is 0.0177 e. The van der Waals surface area contributed by atoms with E-state index in [0.29, 0.717) is 4.83 Å². The second-order valence-electron chi connectivity index (χ2n) is 1.53. The minimum absolute atomic E-state index is 0.644. The van der Waals surface area contributed by atoms with Crippen LogP contribution in [-0.4, -0.2) is 4.83 Å². The molecule has 0 aromatic heterocycles. The second kappa shape index (κ2) is 4.38. The average Bonchev–Trinajstić information content (AvgIpc) is 1.68. The Bertz CT molecular complexity index is 50.1. The topological polar surface area (TPSA) is 0 Å². The van der Waals surface area contributed by atoms with Gasteiger partial charge in [-0.25, -0.2) is 0 Å². The predicted molar refractivity (Wildman–Crippen MR) is 37.8 cm³/mol. The van der Waals surface area contributed by atoms with Crippen LogP contribution in [0.2, 0.25) is 0 Å². The van der Waals surface area contributed by atoms with Gasteiger partial charge in [0, 0.05) is 4.83 Å². The molecule has 1 heteroatoms. The molecule has 0 nitrogen and oxygen atoms in total. The van der Waals surface area contributed by atoms with Crippen molar-refractivity contribution in [1.82, 2.24) is 0 Å². The summed E-state index contributed by atoms with van der Waals surface area (Å²) in [6.07, 6.45) is 4.20. The van der Waals surface area contributed by atoms with E-state index in [1.165, 1.54) is 6.42 Å². The van der Waals surface area contributed by atoms with E-state index in [1.807, 2.05) is 6.08 Å². The van der Waals surface area contributed by atoms with Crippen molar-refractivity contribution in [2.24, 2.45) is 0 Å². The lowest BCUT2D eigenvalue weighted by atomic mass is 10.2. The van der Waals surface area contributed by atoms with Gasteiger partial charge in [0.1, 0.15) is 0 Å². The van der Waals surface area contributed by atoms with Crippen molar-refractivity contribution in [2.45, 2.75) is 24.6 Å². The molecule has 0 aliphatic carbocycles. The van der Waals surface area contributed by atoms with Crippen LogP contribution in [0.15, 0.2) is 12.7 Å². The van der Waals surface area contributed by atoms with Crippen LogP contribution in [0.3, 0.4) is 0 Å². The van der Waals surface area contributed by atoms with Gasteiger partial charge in [-0.05, 0) is 12.8 Å². The minimum Gasteiger partial charge on any atom is -0.103 e. The van der Waals surface area contributed by atoms with Gasteiger partial charge in [0.2, 0.25) is 0 Å². The zero-order chi connectivity index (χ0) is 5.70. The van der Waals surface area contributed by atoms with Gasteiger partial charge in [-0.2, -0.15) is 0 Å². The van der Waals surface area contributed by atoms with E-state index in [-0.39, 0.29) is 0 Å². The van der Waals surface area contributed by atoms with Gasteiger partial charge in [-0.3, -0.25) is 0 Å². The zero-order valence-electron chi connectivity index (χ0n) is 4.65. The molecule has 0 N–H and O–H groups in total. The molecule has 0 saturated carbocycles. The maximum atomic E-state index is 3.62. The van der Waals surface area contributed by atoms with Crippen molar-refractivity contribution in [3.8, 4) is 0 Å². The minimum atomic E-state index is 0.644. The third-order valence-electron chi connectivity index (χ3n) is 0.865. The predicted octanol–water partition coefficient (Wildman–Crippen LogP) is 2.74. The van der Waals surface area contributed by atoms with Gasteiger partial charge >= 0.3 is 0 Å². The molecule has 0 aromatic carbocycles. The number of hydrogen-bond donors (Lipinski definition) is 0. The molecular formula is C6H11Br. The van der Waals surface area contributed by atoms with Gasteiger partial charge in [-0.1, -0.05) is 28.9 Å². The van der Waals surface area contributed by atoms with Crippen LogP contribution < -0.4 is 0 Å². The highest BCUT2D eigenvalue weighted by atomic mass is 79.9. The van der Waals surface area contributed by atoms with E-state index in [9.17, 15) is 0 Å². The second-order valence-corrected chi connectivity index (χ2v) is 2.82. The fourth-order valence-electron chi connectivity index (χ4n) is 0.348. The van der Waals surface area contributed by atoms with E-state index < -0.39 is 0 Å². The van der Waals surface area contributed by atoms with Crippen LogP contribution in [0.4, 0.5) is 0 Å².